The zero-order chi connectivity index (χ0) is 20.4. The zero-order valence-electron chi connectivity index (χ0n) is 16.7. The Bertz CT molecular complexity index is 993. The highest BCUT2D eigenvalue weighted by Gasteiger charge is 2.28. The summed E-state index contributed by atoms with van der Waals surface area (Å²) in [5.41, 5.74) is 2.03. The van der Waals surface area contributed by atoms with Crippen LogP contribution in [0.25, 0.3) is 0 Å². The van der Waals surface area contributed by atoms with E-state index in [0.29, 0.717) is 17.9 Å². The van der Waals surface area contributed by atoms with Crippen molar-refractivity contribution in [2.45, 2.75) is 75.4 Å². The van der Waals surface area contributed by atoms with Gasteiger partial charge in [0.15, 0.2) is 0 Å². The van der Waals surface area contributed by atoms with Crippen molar-refractivity contribution in [1.29, 1.82) is 0 Å². The Balaban J connectivity index is 1.42. The van der Waals surface area contributed by atoms with E-state index >= 15 is 0 Å². The highest BCUT2D eigenvalue weighted by Crippen LogP contribution is 2.33. The Kier molecular flexibility index (Phi) is 5.74. The fraction of sp³-hybridized carbons (Fsp3) is 0.524. The molecule has 2 aromatic rings. The van der Waals surface area contributed by atoms with Crippen LogP contribution in [0.15, 0.2) is 35.5 Å². The van der Waals surface area contributed by atoms with Crippen molar-refractivity contribution in [3.63, 3.8) is 0 Å². The Morgan fingerprint density at radius 1 is 1.24 bits per heavy atom. The molecule has 0 radical (unpaired) electrons. The van der Waals surface area contributed by atoms with E-state index in [-0.39, 0.29) is 18.0 Å². The number of nitrogens with zero attached hydrogens (tertiary/aromatic N) is 2. The van der Waals surface area contributed by atoms with Gasteiger partial charge in [-0.1, -0.05) is 18.9 Å². The molecule has 0 aliphatic heterocycles. The summed E-state index contributed by atoms with van der Waals surface area (Å²) in [6.45, 7) is 2.49. The molecule has 1 atom stereocenters. The average Bonchev–Trinajstić information content (AvgIpc) is 3.42. The lowest BCUT2D eigenvalue weighted by Crippen LogP contribution is -2.33. The van der Waals surface area contributed by atoms with E-state index in [4.69, 9.17) is 0 Å². The maximum atomic E-state index is 12.8. The average molecular weight is 417 g/mol. The molecule has 1 amide bonds. The van der Waals surface area contributed by atoms with Gasteiger partial charge in [0.2, 0.25) is 15.9 Å². The molecule has 8 heteroatoms. The third-order valence-corrected chi connectivity index (χ3v) is 7.54. The van der Waals surface area contributed by atoms with Crippen LogP contribution in [0, 0.1) is 6.92 Å². The van der Waals surface area contributed by atoms with Crippen LogP contribution in [-0.4, -0.2) is 29.9 Å². The number of aromatic nitrogens is 2. The van der Waals surface area contributed by atoms with Crippen LogP contribution in [0.3, 0.4) is 0 Å². The maximum absolute atomic E-state index is 12.8. The third kappa shape index (κ3) is 4.53. The molecule has 7 nitrogen and oxygen atoms in total. The first kappa shape index (κ1) is 20.1. The van der Waals surface area contributed by atoms with Crippen LogP contribution in [0.1, 0.15) is 61.5 Å². The molecule has 1 fully saturated rings. The van der Waals surface area contributed by atoms with E-state index in [1.165, 1.54) is 0 Å². The van der Waals surface area contributed by atoms with Crippen LogP contribution >= 0.6 is 0 Å². The fourth-order valence-corrected chi connectivity index (χ4v) is 5.70. The first-order valence-electron chi connectivity index (χ1n) is 10.3. The zero-order valence-corrected chi connectivity index (χ0v) is 17.5. The number of nitrogens with one attached hydrogen (secondary N) is 2. The number of hydrogen-bond donors (Lipinski definition) is 2. The third-order valence-electron chi connectivity index (χ3n) is 6.02. The molecule has 4 rings (SSSR count). The van der Waals surface area contributed by atoms with Gasteiger partial charge in [0.25, 0.3) is 0 Å². The lowest BCUT2D eigenvalue weighted by molar-refractivity contribution is -0.122. The smallest absolute Gasteiger partial charge is 0.240 e. The number of sulfonamides is 1. The maximum Gasteiger partial charge on any atom is 0.240 e. The molecule has 2 aliphatic carbocycles. The topological polar surface area (TPSA) is 93.1 Å². The molecular formula is C21H28N4O3S. The minimum atomic E-state index is -3.53. The summed E-state index contributed by atoms with van der Waals surface area (Å²) < 4.78 is 30.3. The van der Waals surface area contributed by atoms with Crippen LogP contribution in [0.5, 0.6) is 0 Å². The number of hydrogen-bond acceptors (Lipinski definition) is 4. The summed E-state index contributed by atoms with van der Waals surface area (Å²) in [5, 5.41) is 3.08. The molecule has 1 aromatic carbocycles. The minimum absolute atomic E-state index is 0.0340. The van der Waals surface area contributed by atoms with Crippen LogP contribution < -0.4 is 10.0 Å². The van der Waals surface area contributed by atoms with Crippen molar-refractivity contribution >= 4 is 15.9 Å². The molecule has 0 bridgehead atoms. The first-order chi connectivity index (χ1) is 13.9. The fourth-order valence-electron chi connectivity index (χ4n) is 4.36. The van der Waals surface area contributed by atoms with Gasteiger partial charge in [-0.2, -0.15) is 0 Å². The summed E-state index contributed by atoms with van der Waals surface area (Å²) in [6.07, 6.45) is 9.54. The van der Waals surface area contributed by atoms with E-state index in [2.05, 4.69) is 15.0 Å². The van der Waals surface area contributed by atoms with Gasteiger partial charge in [-0.25, -0.2) is 18.1 Å². The SMILES string of the molecule is Cc1nccn1CCC(=O)N[C@@H]1CCc2ccc(S(=O)(=O)NC3CCCC3)cc21. The molecule has 2 aliphatic rings. The molecule has 1 saturated carbocycles. The van der Waals surface area contributed by atoms with Gasteiger partial charge >= 0.3 is 0 Å². The van der Waals surface area contributed by atoms with E-state index < -0.39 is 10.0 Å². The number of fused-ring (bicyclic) bond motifs is 1. The van der Waals surface area contributed by atoms with Gasteiger partial charge in [-0.05, 0) is 55.9 Å². The summed E-state index contributed by atoms with van der Waals surface area (Å²) in [4.78, 5) is 16.9. The Labute approximate surface area is 172 Å². The van der Waals surface area contributed by atoms with E-state index in [1.807, 2.05) is 23.8 Å². The number of carbonyl (C=O) groups is 1. The lowest BCUT2D eigenvalue weighted by atomic mass is 10.1. The molecule has 156 valence electrons. The molecule has 0 spiro atoms. The van der Waals surface area contributed by atoms with E-state index in [1.54, 1.807) is 18.3 Å². The summed E-state index contributed by atoms with van der Waals surface area (Å²) in [5.74, 6) is 0.849. The number of rotatable bonds is 7. The van der Waals surface area contributed by atoms with Crippen molar-refractivity contribution < 1.29 is 13.2 Å². The molecule has 29 heavy (non-hydrogen) atoms. The Hall–Kier alpha value is -2.19. The molecular weight excluding hydrogens is 388 g/mol. The second kappa shape index (κ2) is 8.28. The van der Waals surface area contributed by atoms with Gasteiger partial charge in [-0.3, -0.25) is 4.79 Å². The second-order valence-electron chi connectivity index (χ2n) is 8.04. The van der Waals surface area contributed by atoms with Gasteiger partial charge in [0.1, 0.15) is 5.82 Å². The molecule has 0 unspecified atom stereocenters. The molecule has 2 N–H and O–H groups in total. The Morgan fingerprint density at radius 2 is 2.03 bits per heavy atom. The van der Waals surface area contributed by atoms with Gasteiger partial charge < -0.3 is 9.88 Å². The highest BCUT2D eigenvalue weighted by atomic mass is 32.2. The number of aryl methyl sites for hydroxylation is 3. The first-order valence-corrected chi connectivity index (χ1v) is 11.8. The van der Waals surface area contributed by atoms with Crippen molar-refractivity contribution in [2.75, 3.05) is 0 Å². The predicted molar refractivity (Wildman–Crippen MR) is 110 cm³/mol. The standard InChI is InChI=1S/C21H28N4O3S/c1-15-22-11-13-25(15)12-10-21(26)23-20-9-7-16-6-8-18(14-19(16)20)29(27,28)24-17-4-2-3-5-17/h6,8,11,13-14,17,20,24H,2-5,7,9-10,12H2,1H3,(H,23,26)/t20-/m1/s1. The van der Waals surface area contributed by atoms with Crippen molar-refractivity contribution in [3.8, 4) is 0 Å². The molecule has 1 aromatic heterocycles. The number of carbonyl (C=O) groups excluding carboxylic acids is 1. The lowest BCUT2D eigenvalue weighted by Gasteiger charge is -2.17. The van der Waals surface area contributed by atoms with E-state index in [0.717, 1.165) is 55.5 Å². The monoisotopic (exact) mass is 416 g/mol. The normalized spacial score (nSPS) is 19.4. The van der Waals surface area contributed by atoms with Crippen molar-refractivity contribution in [1.82, 2.24) is 19.6 Å². The summed E-state index contributed by atoms with van der Waals surface area (Å²) in [7, 11) is -3.53. The molecule has 0 saturated heterocycles. The summed E-state index contributed by atoms with van der Waals surface area (Å²) >= 11 is 0. The quantitative estimate of drug-likeness (QED) is 0.726. The van der Waals surface area contributed by atoms with E-state index in [9.17, 15) is 13.2 Å². The minimum Gasteiger partial charge on any atom is -0.349 e. The molecule has 1 heterocycles. The van der Waals surface area contributed by atoms with Crippen LogP contribution in [0.4, 0.5) is 0 Å². The van der Waals surface area contributed by atoms with Gasteiger partial charge in [0.05, 0.1) is 10.9 Å². The number of benzene rings is 1. The Morgan fingerprint density at radius 3 is 2.76 bits per heavy atom. The summed E-state index contributed by atoms with van der Waals surface area (Å²) in [6, 6.07) is 5.21. The van der Waals surface area contributed by atoms with Crippen molar-refractivity contribution in [2.24, 2.45) is 0 Å². The van der Waals surface area contributed by atoms with Gasteiger partial charge in [-0.15, -0.1) is 0 Å². The van der Waals surface area contributed by atoms with Gasteiger partial charge in [0, 0.05) is 31.4 Å². The highest BCUT2D eigenvalue weighted by molar-refractivity contribution is 7.89. The van der Waals surface area contributed by atoms with Crippen LogP contribution in [0.2, 0.25) is 0 Å². The van der Waals surface area contributed by atoms with Crippen molar-refractivity contribution in [3.05, 3.63) is 47.5 Å². The number of imidazole rings is 1. The van der Waals surface area contributed by atoms with Crippen LogP contribution in [-0.2, 0) is 27.8 Å². The second-order valence-corrected chi connectivity index (χ2v) is 9.75. The number of amides is 1. The predicted octanol–water partition coefficient (Wildman–Crippen LogP) is 2.61. The largest absolute Gasteiger partial charge is 0.349 e.